The van der Waals surface area contributed by atoms with Crippen molar-refractivity contribution in [3.63, 3.8) is 0 Å². The number of nitrogens with zero attached hydrogens (tertiary/aromatic N) is 3. The third-order valence-corrected chi connectivity index (χ3v) is 8.04. The van der Waals surface area contributed by atoms with Crippen molar-refractivity contribution < 1.29 is 19.3 Å². The molecule has 0 fully saturated rings. The van der Waals surface area contributed by atoms with Crippen molar-refractivity contribution in [2.45, 2.75) is 84.3 Å². The van der Waals surface area contributed by atoms with E-state index in [1.165, 1.54) is 6.40 Å². The van der Waals surface area contributed by atoms with Crippen molar-refractivity contribution in [1.82, 2.24) is 9.24 Å². The zero-order valence-corrected chi connectivity index (χ0v) is 20.1. The fourth-order valence-electron chi connectivity index (χ4n) is 4.96. The molecular weight excluding hydrogens is 401 g/mol. The number of aliphatic imine (C=N–C) groups is 1. The van der Waals surface area contributed by atoms with E-state index in [1.807, 2.05) is 6.92 Å². The van der Waals surface area contributed by atoms with Gasteiger partial charge in [-0.1, -0.05) is 26.0 Å². The van der Waals surface area contributed by atoms with Crippen LogP contribution < -0.4 is 0 Å². The highest BCUT2D eigenvalue weighted by atomic mass is 31.2. The van der Waals surface area contributed by atoms with Gasteiger partial charge in [0.15, 0.2) is 18.2 Å². The van der Waals surface area contributed by atoms with Gasteiger partial charge in [-0.2, -0.15) is 0 Å². The van der Waals surface area contributed by atoms with Gasteiger partial charge in [-0.3, -0.25) is 9.56 Å². The van der Waals surface area contributed by atoms with E-state index in [0.717, 1.165) is 17.5 Å². The molecule has 0 saturated heterocycles. The summed E-state index contributed by atoms with van der Waals surface area (Å²) in [6.45, 7) is 15.9. The fourth-order valence-corrected chi connectivity index (χ4v) is 6.41. The standard InChI is InChI=1S/C22H36N3O4P/c1-8-23-14-29-30(25(15(2)3)16(4)5)28-12-11-24-19(26)17-18(20(24)27)22(7)10-9-21(17,6)13-22/h9-10,14-16,26-27H,8,11-13H2,1-7H3. The second-order valence-electron chi connectivity index (χ2n) is 9.24. The highest BCUT2D eigenvalue weighted by molar-refractivity contribution is 7.45. The van der Waals surface area contributed by atoms with Crippen LogP contribution in [0.2, 0.25) is 0 Å². The summed E-state index contributed by atoms with van der Waals surface area (Å²) in [5.41, 5.74) is 1.25. The Bertz CT molecular complexity index is 785. The Morgan fingerprint density at radius 1 is 1.13 bits per heavy atom. The summed E-state index contributed by atoms with van der Waals surface area (Å²) in [5, 5.41) is 21.8. The van der Waals surface area contributed by atoms with Gasteiger partial charge in [-0.25, -0.2) is 4.67 Å². The quantitative estimate of drug-likeness (QED) is 0.238. The zero-order chi connectivity index (χ0) is 22.3. The molecule has 168 valence electrons. The lowest BCUT2D eigenvalue weighted by Gasteiger charge is -2.34. The summed E-state index contributed by atoms with van der Waals surface area (Å²) in [6.07, 6.45) is 6.65. The van der Waals surface area contributed by atoms with Crippen molar-refractivity contribution in [1.29, 1.82) is 0 Å². The minimum Gasteiger partial charge on any atom is -0.494 e. The Morgan fingerprint density at radius 2 is 1.67 bits per heavy atom. The molecule has 0 aromatic carbocycles. The van der Waals surface area contributed by atoms with Gasteiger partial charge in [-0.05, 0) is 41.0 Å². The number of aromatic hydroxyl groups is 2. The van der Waals surface area contributed by atoms with Gasteiger partial charge in [0.2, 0.25) is 0 Å². The average Bonchev–Trinajstić information content (AvgIpc) is 3.19. The molecule has 1 aromatic heterocycles. The maximum absolute atomic E-state index is 10.9. The summed E-state index contributed by atoms with van der Waals surface area (Å²) in [6, 6.07) is 0.481. The Hall–Kier alpha value is -1.56. The molecule has 2 aliphatic carbocycles. The van der Waals surface area contributed by atoms with Crippen LogP contribution >= 0.6 is 8.53 Å². The summed E-state index contributed by atoms with van der Waals surface area (Å²) < 4.78 is 15.7. The molecule has 2 aliphatic rings. The normalized spacial score (nSPS) is 25.9. The van der Waals surface area contributed by atoms with E-state index in [4.69, 9.17) is 9.05 Å². The van der Waals surface area contributed by atoms with Gasteiger partial charge in [0.25, 0.3) is 0 Å². The highest BCUT2D eigenvalue weighted by Gasteiger charge is 2.54. The first-order valence-corrected chi connectivity index (χ1v) is 11.9. The lowest BCUT2D eigenvalue weighted by molar-refractivity contribution is 0.205. The molecule has 1 heterocycles. The number of hydrogen-bond donors (Lipinski definition) is 2. The van der Waals surface area contributed by atoms with Gasteiger partial charge in [0.1, 0.15) is 0 Å². The molecular formula is C22H36N3O4P. The topological polar surface area (TPSA) is 79.5 Å². The van der Waals surface area contributed by atoms with Crippen molar-refractivity contribution in [3.8, 4) is 11.8 Å². The third-order valence-electron chi connectivity index (χ3n) is 6.06. The van der Waals surface area contributed by atoms with Crippen molar-refractivity contribution in [2.24, 2.45) is 4.99 Å². The lowest BCUT2D eigenvalue weighted by Crippen LogP contribution is -2.33. The maximum Gasteiger partial charge on any atom is 0.322 e. The Labute approximate surface area is 181 Å². The molecule has 7 nitrogen and oxygen atoms in total. The predicted octanol–water partition coefficient (Wildman–Crippen LogP) is 4.82. The summed E-state index contributed by atoms with van der Waals surface area (Å²) >= 11 is 0. The van der Waals surface area contributed by atoms with Crippen LogP contribution in [0.5, 0.6) is 11.8 Å². The van der Waals surface area contributed by atoms with E-state index in [2.05, 4.69) is 63.4 Å². The number of aromatic nitrogens is 1. The van der Waals surface area contributed by atoms with E-state index in [9.17, 15) is 10.2 Å². The van der Waals surface area contributed by atoms with E-state index in [1.54, 1.807) is 4.57 Å². The van der Waals surface area contributed by atoms with E-state index in [0.29, 0.717) is 19.7 Å². The molecule has 3 unspecified atom stereocenters. The molecule has 3 atom stereocenters. The monoisotopic (exact) mass is 437 g/mol. The van der Waals surface area contributed by atoms with Crippen LogP contribution in [0.1, 0.15) is 66.0 Å². The first kappa shape index (κ1) is 23.1. The number of rotatable bonds is 10. The van der Waals surface area contributed by atoms with Crippen LogP contribution in [0, 0.1) is 0 Å². The van der Waals surface area contributed by atoms with Crippen LogP contribution in [0.15, 0.2) is 17.1 Å². The third kappa shape index (κ3) is 3.88. The molecule has 0 spiro atoms. The fraction of sp³-hybridized carbons (Fsp3) is 0.682. The molecule has 8 heteroatoms. The van der Waals surface area contributed by atoms with Gasteiger partial charge >= 0.3 is 8.53 Å². The van der Waals surface area contributed by atoms with Gasteiger partial charge in [0, 0.05) is 40.6 Å². The van der Waals surface area contributed by atoms with Crippen LogP contribution in [-0.2, 0) is 26.4 Å². The van der Waals surface area contributed by atoms with Gasteiger partial charge < -0.3 is 19.3 Å². The molecule has 0 amide bonds. The van der Waals surface area contributed by atoms with E-state index in [-0.39, 0.29) is 34.7 Å². The van der Waals surface area contributed by atoms with E-state index < -0.39 is 8.53 Å². The number of fused-ring (bicyclic) bond motifs is 5. The molecule has 2 N–H and O–H groups in total. The molecule has 0 aliphatic heterocycles. The smallest absolute Gasteiger partial charge is 0.322 e. The molecule has 30 heavy (non-hydrogen) atoms. The van der Waals surface area contributed by atoms with Gasteiger partial charge in [-0.15, -0.1) is 0 Å². The Balaban J connectivity index is 1.76. The molecule has 0 radical (unpaired) electrons. The molecule has 3 rings (SSSR count). The second kappa shape index (κ2) is 8.52. The van der Waals surface area contributed by atoms with Crippen LogP contribution in [-0.4, -0.2) is 51.1 Å². The predicted molar refractivity (Wildman–Crippen MR) is 121 cm³/mol. The summed E-state index contributed by atoms with van der Waals surface area (Å²) in [7, 11) is -1.35. The minimum absolute atomic E-state index is 0.143. The Kier molecular flexibility index (Phi) is 6.57. The van der Waals surface area contributed by atoms with Crippen molar-refractivity contribution in [3.05, 3.63) is 23.3 Å². The van der Waals surface area contributed by atoms with Crippen molar-refractivity contribution >= 4 is 14.9 Å². The van der Waals surface area contributed by atoms with Crippen molar-refractivity contribution in [2.75, 3.05) is 13.2 Å². The number of hydrogen-bond acceptors (Lipinski definition) is 6. The number of allylic oxidation sites excluding steroid dienone is 2. The van der Waals surface area contributed by atoms with Crippen LogP contribution in [0.25, 0.3) is 0 Å². The van der Waals surface area contributed by atoms with Crippen LogP contribution in [0.3, 0.4) is 0 Å². The molecule has 2 bridgehead atoms. The first-order valence-electron chi connectivity index (χ1n) is 10.8. The average molecular weight is 438 g/mol. The zero-order valence-electron chi connectivity index (χ0n) is 19.2. The Morgan fingerprint density at radius 3 is 2.13 bits per heavy atom. The molecule has 1 aromatic rings. The largest absolute Gasteiger partial charge is 0.494 e. The second-order valence-corrected chi connectivity index (χ2v) is 10.6. The maximum atomic E-state index is 10.9. The summed E-state index contributed by atoms with van der Waals surface area (Å²) in [4.78, 5) is 4.15. The minimum atomic E-state index is -1.35. The van der Waals surface area contributed by atoms with E-state index >= 15 is 0 Å². The first-order chi connectivity index (χ1) is 14.1. The van der Waals surface area contributed by atoms with Crippen LogP contribution in [0.4, 0.5) is 0 Å². The van der Waals surface area contributed by atoms with Gasteiger partial charge in [0.05, 0.1) is 13.2 Å². The SMILES string of the molecule is CCN=COP(OCCn1c(O)c2c(c1O)C1(C)C=CC2(C)C1)N(C(C)C)C(C)C. The molecule has 0 saturated carbocycles. The summed E-state index contributed by atoms with van der Waals surface area (Å²) in [5.74, 6) is 0.285. The highest BCUT2D eigenvalue weighted by Crippen LogP contribution is 2.62. The lowest BCUT2D eigenvalue weighted by atomic mass is 9.86.